The van der Waals surface area contributed by atoms with Crippen LogP contribution in [0.1, 0.15) is 39.2 Å². The Morgan fingerprint density at radius 3 is 1.96 bits per heavy atom. The summed E-state index contributed by atoms with van der Waals surface area (Å²) in [5.74, 6) is -0.189. The Kier molecular flexibility index (Phi) is 8.38. The number of rotatable bonds is 7. The van der Waals surface area contributed by atoms with Crippen LogP contribution in [0.5, 0.6) is 11.5 Å². The second-order valence-electron chi connectivity index (χ2n) is 5.42. The minimum Gasteiger partial charge on any atom is -0.422 e. The maximum atomic E-state index is 11.7. The van der Waals surface area contributed by atoms with Crippen LogP contribution in [0.2, 0.25) is 0 Å². The van der Waals surface area contributed by atoms with E-state index in [2.05, 4.69) is 12.2 Å². The quantitative estimate of drug-likeness (QED) is 0.593. The topological polar surface area (TPSA) is 64.6 Å². The first-order valence-corrected chi connectivity index (χ1v) is 8.26. The van der Waals surface area contributed by atoms with E-state index in [9.17, 15) is 9.59 Å². The normalized spacial score (nSPS) is 10.2. The van der Waals surface area contributed by atoms with E-state index in [1.165, 1.54) is 0 Å². The Balaban J connectivity index is 0.00000312. The highest BCUT2D eigenvalue weighted by Gasteiger charge is 2.14. The van der Waals surface area contributed by atoms with Crippen LogP contribution in [0.25, 0.3) is 10.8 Å². The zero-order chi connectivity index (χ0) is 17.5. The molecular formula is C19H24ClNO4. The van der Waals surface area contributed by atoms with Crippen LogP contribution in [0.3, 0.4) is 0 Å². The maximum absolute atomic E-state index is 11.7. The molecule has 25 heavy (non-hydrogen) atoms. The number of halogens is 1. The van der Waals surface area contributed by atoms with Gasteiger partial charge in [-0.2, -0.15) is 0 Å². The summed E-state index contributed by atoms with van der Waals surface area (Å²) in [6.07, 6.45) is 0.500. The predicted octanol–water partition coefficient (Wildman–Crippen LogP) is 4.00. The molecule has 0 aliphatic heterocycles. The average molecular weight is 366 g/mol. The second kappa shape index (κ2) is 10.0. The zero-order valence-corrected chi connectivity index (χ0v) is 15.6. The van der Waals surface area contributed by atoms with Crippen molar-refractivity contribution >= 4 is 35.1 Å². The molecule has 0 heterocycles. The van der Waals surface area contributed by atoms with Crippen LogP contribution in [-0.2, 0) is 16.1 Å². The van der Waals surface area contributed by atoms with Crippen LogP contribution in [0.4, 0.5) is 0 Å². The van der Waals surface area contributed by atoms with Crippen molar-refractivity contribution < 1.29 is 19.1 Å². The lowest BCUT2D eigenvalue weighted by Gasteiger charge is -2.12. The van der Waals surface area contributed by atoms with E-state index in [-0.39, 0.29) is 48.7 Å². The molecule has 0 saturated heterocycles. The number of hydrogen-bond donors (Lipinski definition) is 1. The fourth-order valence-corrected chi connectivity index (χ4v) is 2.23. The van der Waals surface area contributed by atoms with Gasteiger partial charge in [-0.1, -0.05) is 32.9 Å². The number of hydrogen-bond acceptors (Lipinski definition) is 5. The average Bonchev–Trinajstić information content (AvgIpc) is 2.59. The molecule has 0 fully saturated rings. The first-order valence-electron chi connectivity index (χ1n) is 8.26. The largest absolute Gasteiger partial charge is 0.422 e. The molecule has 0 aromatic heterocycles. The summed E-state index contributed by atoms with van der Waals surface area (Å²) >= 11 is 0. The first-order chi connectivity index (χ1) is 11.6. The Morgan fingerprint density at radius 2 is 1.44 bits per heavy atom. The molecule has 0 radical (unpaired) electrons. The predicted molar refractivity (Wildman–Crippen MR) is 100 cm³/mol. The first kappa shape index (κ1) is 20.9. The molecule has 0 unspecified atom stereocenters. The summed E-state index contributed by atoms with van der Waals surface area (Å²) in [5, 5.41) is 5.13. The van der Waals surface area contributed by atoms with Crippen molar-refractivity contribution in [2.24, 2.45) is 0 Å². The lowest BCUT2D eigenvalue weighted by atomic mass is 10.1. The number of fused-ring (bicyclic) bond motifs is 1. The van der Waals surface area contributed by atoms with Crippen molar-refractivity contribution in [1.29, 1.82) is 0 Å². The van der Waals surface area contributed by atoms with Gasteiger partial charge in [-0.05, 0) is 41.1 Å². The fourth-order valence-electron chi connectivity index (χ4n) is 2.23. The van der Waals surface area contributed by atoms with E-state index in [1.807, 2.05) is 18.2 Å². The summed E-state index contributed by atoms with van der Waals surface area (Å²) in [7, 11) is 0. The summed E-state index contributed by atoms with van der Waals surface area (Å²) < 4.78 is 10.7. The van der Waals surface area contributed by atoms with Gasteiger partial charge in [-0.3, -0.25) is 9.59 Å². The van der Waals surface area contributed by atoms with Crippen LogP contribution < -0.4 is 14.8 Å². The summed E-state index contributed by atoms with van der Waals surface area (Å²) in [4.78, 5) is 23.3. The van der Waals surface area contributed by atoms with Gasteiger partial charge in [0.05, 0.1) is 0 Å². The molecule has 136 valence electrons. The molecule has 0 spiro atoms. The van der Waals surface area contributed by atoms with Gasteiger partial charge in [0.25, 0.3) is 0 Å². The summed E-state index contributed by atoms with van der Waals surface area (Å²) in [6, 6.07) is 9.51. The number of esters is 2. The van der Waals surface area contributed by atoms with E-state index in [0.717, 1.165) is 29.4 Å². The van der Waals surface area contributed by atoms with E-state index >= 15 is 0 Å². The molecule has 2 aromatic rings. The molecule has 0 aliphatic rings. The standard InChI is InChI=1S/C19H23NO4.ClH/c1-4-18(21)23-16-10-14-8-7-13(12-20-6-3)9-15(14)11-17(16)24-19(22)5-2;/h7-11,20H,4-6,12H2,1-3H3;1H. The number of nitrogens with one attached hydrogen (secondary N) is 1. The number of ether oxygens (including phenoxy) is 2. The fraction of sp³-hybridized carbons (Fsp3) is 0.368. The van der Waals surface area contributed by atoms with Gasteiger partial charge in [0.15, 0.2) is 11.5 Å². The molecule has 6 heteroatoms. The van der Waals surface area contributed by atoms with E-state index in [1.54, 1.807) is 26.0 Å². The molecule has 0 atom stereocenters. The third-order valence-corrected chi connectivity index (χ3v) is 3.57. The molecule has 0 saturated carbocycles. The van der Waals surface area contributed by atoms with E-state index in [0.29, 0.717) is 0 Å². The Bertz CT molecular complexity index is 746. The van der Waals surface area contributed by atoms with Gasteiger partial charge in [0, 0.05) is 19.4 Å². The van der Waals surface area contributed by atoms with Crippen molar-refractivity contribution in [1.82, 2.24) is 5.32 Å². The Morgan fingerprint density at radius 1 is 0.880 bits per heavy atom. The summed E-state index contributed by atoms with van der Waals surface area (Å²) in [5.41, 5.74) is 1.13. The Labute approximate surface area is 154 Å². The van der Waals surface area contributed by atoms with Gasteiger partial charge in [0.1, 0.15) is 0 Å². The van der Waals surface area contributed by atoms with Gasteiger partial charge in [-0.15, -0.1) is 12.4 Å². The lowest BCUT2D eigenvalue weighted by molar-refractivity contribution is -0.136. The summed E-state index contributed by atoms with van der Waals surface area (Å²) in [6.45, 7) is 7.15. The van der Waals surface area contributed by atoms with Crippen molar-refractivity contribution in [3.8, 4) is 11.5 Å². The number of benzene rings is 2. The molecule has 5 nitrogen and oxygen atoms in total. The van der Waals surface area contributed by atoms with E-state index < -0.39 is 0 Å². The molecule has 2 aromatic carbocycles. The maximum Gasteiger partial charge on any atom is 0.311 e. The smallest absolute Gasteiger partial charge is 0.311 e. The highest BCUT2D eigenvalue weighted by molar-refractivity contribution is 5.89. The molecule has 1 N–H and O–H groups in total. The number of carbonyl (C=O) groups is 2. The third-order valence-electron chi connectivity index (χ3n) is 3.57. The molecule has 0 amide bonds. The van der Waals surface area contributed by atoms with Crippen molar-refractivity contribution in [2.75, 3.05) is 6.54 Å². The van der Waals surface area contributed by atoms with Crippen LogP contribution in [0.15, 0.2) is 30.3 Å². The molecule has 0 bridgehead atoms. The van der Waals surface area contributed by atoms with Crippen LogP contribution in [-0.4, -0.2) is 18.5 Å². The molecule has 0 aliphatic carbocycles. The molecular weight excluding hydrogens is 342 g/mol. The van der Waals surface area contributed by atoms with Crippen molar-refractivity contribution in [2.45, 2.75) is 40.2 Å². The highest BCUT2D eigenvalue weighted by Crippen LogP contribution is 2.33. The van der Waals surface area contributed by atoms with Gasteiger partial charge < -0.3 is 14.8 Å². The number of carbonyl (C=O) groups excluding carboxylic acids is 2. The third kappa shape index (κ3) is 5.73. The van der Waals surface area contributed by atoms with Gasteiger partial charge in [0.2, 0.25) is 0 Å². The highest BCUT2D eigenvalue weighted by atomic mass is 35.5. The lowest BCUT2D eigenvalue weighted by Crippen LogP contribution is -2.12. The van der Waals surface area contributed by atoms with Gasteiger partial charge >= 0.3 is 11.9 Å². The van der Waals surface area contributed by atoms with Crippen LogP contribution in [0, 0.1) is 0 Å². The SMILES string of the molecule is CCNCc1ccc2cc(OC(=O)CC)c(OC(=O)CC)cc2c1.Cl. The van der Waals surface area contributed by atoms with Gasteiger partial charge in [-0.25, -0.2) is 0 Å². The van der Waals surface area contributed by atoms with E-state index in [4.69, 9.17) is 9.47 Å². The van der Waals surface area contributed by atoms with Crippen molar-refractivity contribution in [3.05, 3.63) is 35.9 Å². The van der Waals surface area contributed by atoms with Crippen molar-refractivity contribution in [3.63, 3.8) is 0 Å². The minimum absolute atomic E-state index is 0. The minimum atomic E-state index is -0.369. The molecule has 2 rings (SSSR count). The monoisotopic (exact) mass is 365 g/mol. The van der Waals surface area contributed by atoms with Crippen LogP contribution >= 0.6 is 12.4 Å². The second-order valence-corrected chi connectivity index (χ2v) is 5.42. The zero-order valence-electron chi connectivity index (χ0n) is 14.8. The Hall–Kier alpha value is -2.11.